The molecule has 1 N–H and O–H groups in total. The predicted octanol–water partition coefficient (Wildman–Crippen LogP) is 1.47. The molecule has 1 saturated heterocycles. The van der Waals surface area contributed by atoms with E-state index in [1.807, 2.05) is 0 Å². The summed E-state index contributed by atoms with van der Waals surface area (Å²) in [5.41, 5.74) is -1.23. The van der Waals surface area contributed by atoms with Crippen LogP contribution >= 0.6 is 0 Å². The molecular formula is C10H10F2N2O4S. The van der Waals surface area contributed by atoms with E-state index in [0.717, 1.165) is 0 Å². The second-order valence-electron chi connectivity index (χ2n) is 4.29. The number of nitrogens with zero attached hydrogens (tertiary/aromatic N) is 1. The van der Waals surface area contributed by atoms with E-state index in [-0.39, 0.29) is 17.9 Å². The lowest BCUT2D eigenvalue weighted by Gasteiger charge is -2.13. The number of hydrogen-bond donors (Lipinski definition) is 1. The standard InChI is InChI=1S/C10H10F2N2O4S/c11-8-3-7(14(15)16)4-9(12)10(8)13-6-1-2-19(17,18)5-6/h3-4,6,13H,1-2,5H2. The summed E-state index contributed by atoms with van der Waals surface area (Å²) in [6, 6.07) is 0.597. The molecule has 1 aliphatic rings. The first-order valence-electron chi connectivity index (χ1n) is 5.39. The highest BCUT2D eigenvalue weighted by Crippen LogP contribution is 2.27. The van der Waals surface area contributed by atoms with Gasteiger partial charge in [0, 0.05) is 6.04 Å². The van der Waals surface area contributed by atoms with Gasteiger partial charge in [-0.1, -0.05) is 0 Å². The molecule has 19 heavy (non-hydrogen) atoms. The van der Waals surface area contributed by atoms with Gasteiger partial charge in [-0.25, -0.2) is 17.2 Å². The first kappa shape index (κ1) is 13.7. The molecule has 0 aromatic heterocycles. The van der Waals surface area contributed by atoms with Gasteiger partial charge < -0.3 is 5.32 Å². The maximum atomic E-state index is 13.6. The minimum Gasteiger partial charge on any atom is -0.376 e. The van der Waals surface area contributed by atoms with Crippen LogP contribution < -0.4 is 5.32 Å². The van der Waals surface area contributed by atoms with Crippen molar-refractivity contribution in [1.29, 1.82) is 0 Å². The Kier molecular flexibility index (Phi) is 3.40. The van der Waals surface area contributed by atoms with Crippen molar-refractivity contribution in [3.8, 4) is 0 Å². The molecule has 0 bridgehead atoms. The van der Waals surface area contributed by atoms with E-state index in [9.17, 15) is 27.3 Å². The van der Waals surface area contributed by atoms with Gasteiger partial charge in [-0.05, 0) is 6.42 Å². The molecule has 1 heterocycles. The van der Waals surface area contributed by atoms with Crippen LogP contribution in [0.25, 0.3) is 0 Å². The maximum absolute atomic E-state index is 13.6. The molecule has 0 saturated carbocycles. The Morgan fingerprint density at radius 1 is 1.32 bits per heavy atom. The molecule has 0 spiro atoms. The molecule has 1 aliphatic heterocycles. The van der Waals surface area contributed by atoms with Crippen molar-refractivity contribution in [2.75, 3.05) is 16.8 Å². The number of anilines is 1. The quantitative estimate of drug-likeness (QED) is 0.673. The Balaban J connectivity index is 2.24. The number of nitrogens with one attached hydrogen (secondary N) is 1. The average molecular weight is 292 g/mol. The zero-order valence-corrected chi connectivity index (χ0v) is 10.4. The third kappa shape index (κ3) is 2.98. The number of hydrogen-bond acceptors (Lipinski definition) is 5. The number of halogens is 2. The van der Waals surface area contributed by atoms with Crippen LogP contribution in [0, 0.1) is 21.7 Å². The number of rotatable bonds is 3. The summed E-state index contributed by atoms with van der Waals surface area (Å²) in [6.45, 7) is 0. The highest BCUT2D eigenvalue weighted by molar-refractivity contribution is 7.91. The molecule has 1 atom stereocenters. The molecule has 0 radical (unpaired) electrons. The van der Waals surface area contributed by atoms with Crippen molar-refractivity contribution in [1.82, 2.24) is 0 Å². The predicted molar refractivity (Wildman–Crippen MR) is 63.7 cm³/mol. The normalized spacial score (nSPS) is 21.3. The van der Waals surface area contributed by atoms with Crippen LogP contribution in [0.5, 0.6) is 0 Å². The van der Waals surface area contributed by atoms with E-state index >= 15 is 0 Å². The molecule has 1 aromatic rings. The average Bonchev–Trinajstić information content (AvgIpc) is 2.63. The molecule has 0 amide bonds. The summed E-state index contributed by atoms with van der Waals surface area (Å²) in [6.07, 6.45) is 0.248. The molecule has 9 heteroatoms. The minimum absolute atomic E-state index is 0.0408. The van der Waals surface area contributed by atoms with Crippen LogP contribution in [0.2, 0.25) is 0 Å². The van der Waals surface area contributed by atoms with E-state index in [4.69, 9.17) is 0 Å². The van der Waals surface area contributed by atoms with Gasteiger partial charge in [-0.3, -0.25) is 10.1 Å². The van der Waals surface area contributed by atoms with Crippen LogP contribution in [0.4, 0.5) is 20.2 Å². The van der Waals surface area contributed by atoms with E-state index in [1.54, 1.807) is 0 Å². The zero-order valence-electron chi connectivity index (χ0n) is 9.60. The van der Waals surface area contributed by atoms with Crippen LogP contribution in [-0.2, 0) is 9.84 Å². The molecular weight excluding hydrogens is 282 g/mol. The summed E-state index contributed by atoms with van der Waals surface area (Å²) in [4.78, 5) is 9.51. The molecule has 0 aliphatic carbocycles. The molecule has 1 aromatic carbocycles. The van der Waals surface area contributed by atoms with Gasteiger partial charge in [0.15, 0.2) is 21.5 Å². The summed E-state index contributed by atoms with van der Waals surface area (Å²) >= 11 is 0. The van der Waals surface area contributed by atoms with E-state index in [0.29, 0.717) is 12.1 Å². The minimum atomic E-state index is -3.18. The van der Waals surface area contributed by atoms with Gasteiger partial charge in [-0.2, -0.15) is 0 Å². The summed E-state index contributed by atoms with van der Waals surface area (Å²) in [5, 5.41) is 12.9. The largest absolute Gasteiger partial charge is 0.376 e. The van der Waals surface area contributed by atoms with Crippen LogP contribution in [0.1, 0.15) is 6.42 Å². The monoisotopic (exact) mass is 292 g/mol. The van der Waals surface area contributed by atoms with E-state index in [1.165, 1.54) is 0 Å². The van der Waals surface area contributed by atoms with Gasteiger partial charge in [0.2, 0.25) is 0 Å². The fourth-order valence-corrected chi connectivity index (χ4v) is 3.59. The van der Waals surface area contributed by atoms with Gasteiger partial charge in [0.25, 0.3) is 5.69 Å². The van der Waals surface area contributed by atoms with Crippen molar-refractivity contribution < 1.29 is 22.1 Å². The first-order chi connectivity index (χ1) is 8.78. The lowest BCUT2D eigenvalue weighted by Crippen LogP contribution is -2.22. The smallest absolute Gasteiger partial charge is 0.275 e. The number of non-ortho nitro benzene ring substituents is 1. The molecule has 6 nitrogen and oxygen atoms in total. The summed E-state index contributed by atoms with van der Waals surface area (Å²) in [7, 11) is -3.18. The van der Waals surface area contributed by atoms with Gasteiger partial charge in [-0.15, -0.1) is 0 Å². The maximum Gasteiger partial charge on any atom is 0.275 e. The van der Waals surface area contributed by atoms with Crippen LogP contribution in [0.15, 0.2) is 12.1 Å². The van der Waals surface area contributed by atoms with Gasteiger partial charge in [0.05, 0.1) is 28.6 Å². The van der Waals surface area contributed by atoms with Gasteiger partial charge >= 0.3 is 0 Å². The van der Waals surface area contributed by atoms with Crippen LogP contribution in [-0.4, -0.2) is 30.9 Å². The van der Waals surface area contributed by atoms with Gasteiger partial charge in [0.1, 0.15) is 5.69 Å². The fraction of sp³-hybridized carbons (Fsp3) is 0.400. The number of benzene rings is 1. The van der Waals surface area contributed by atoms with Crippen LogP contribution in [0.3, 0.4) is 0 Å². The topological polar surface area (TPSA) is 89.3 Å². The second kappa shape index (κ2) is 4.72. The SMILES string of the molecule is O=[N+]([O-])c1cc(F)c(NC2CCS(=O)(=O)C2)c(F)c1. The van der Waals surface area contributed by atoms with Crippen molar-refractivity contribution in [3.63, 3.8) is 0 Å². The summed E-state index contributed by atoms with van der Waals surface area (Å²) in [5.74, 6) is -2.48. The molecule has 104 valence electrons. The third-order valence-electron chi connectivity index (χ3n) is 2.82. The van der Waals surface area contributed by atoms with E-state index in [2.05, 4.69) is 5.32 Å². The Morgan fingerprint density at radius 2 is 1.89 bits per heavy atom. The Bertz CT molecular complexity index is 609. The highest BCUT2D eigenvalue weighted by Gasteiger charge is 2.29. The van der Waals surface area contributed by atoms with Crippen molar-refractivity contribution in [2.24, 2.45) is 0 Å². The van der Waals surface area contributed by atoms with Crippen molar-refractivity contribution in [2.45, 2.75) is 12.5 Å². The molecule has 1 unspecified atom stereocenters. The third-order valence-corrected chi connectivity index (χ3v) is 4.59. The fourth-order valence-electron chi connectivity index (χ4n) is 1.92. The number of nitro benzene ring substituents is 1. The van der Waals surface area contributed by atoms with E-state index < -0.39 is 43.8 Å². The van der Waals surface area contributed by atoms with Crippen molar-refractivity contribution >= 4 is 21.2 Å². The lowest BCUT2D eigenvalue weighted by atomic mass is 10.2. The lowest BCUT2D eigenvalue weighted by molar-refractivity contribution is -0.385. The Hall–Kier alpha value is -1.77. The first-order valence-corrected chi connectivity index (χ1v) is 7.21. The number of nitro groups is 1. The zero-order chi connectivity index (χ0) is 14.2. The van der Waals surface area contributed by atoms with Crippen molar-refractivity contribution in [3.05, 3.63) is 33.9 Å². The number of sulfone groups is 1. The Morgan fingerprint density at radius 3 is 2.32 bits per heavy atom. The second-order valence-corrected chi connectivity index (χ2v) is 6.51. The highest BCUT2D eigenvalue weighted by atomic mass is 32.2. The Labute approximate surface area is 107 Å². The molecule has 2 rings (SSSR count). The summed E-state index contributed by atoms with van der Waals surface area (Å²) < 4.78 is 49.6. The molecule has 1 fully saturated rings.